The minimum Gasteiger partial charge on any atom is -0.376 e. The smallest absolute Gasteiger partial charge is 0.272 e. The maximum atomic E-state index is 12.0. The van der Waals surface area contributed by atoms with Crippen molar-refractivity contribution in [3.63, 3.8) is 0 Å². The van der Waals surface area contributed by atoms with Crippen LogP contribution >= 0.6 is 0 Å². The number of carbonyl (C=O) groups is 2. The minimum atomic E-state index is -0.455. The number of nitrogens with zero attached hydrogens (tertiary/aromatic N) is 2. The molecular weight excluding hydrogens is 232 g/mol. The number of nitrogens with one attached hydrogen (secondary N) is 1. The molecule has 0 aliphatic heterocycles. The van der Waals surface area contributed by atoms with Crippen molar-refractivity contribution in [3.05, 3.63) is 24.0 Å². The van der Waals surface area contributed by atoms with Crippen LogP contribution in [0.1, 0.15) is 24.3 Å². The van der Waals surface area contributed by atoms with Gasteiger partial charge in [-0.05, 0) is 26.0 Å². The van der Waals surface area contributed by atoms with Crippen molar-refractivity contribution in [2.24, 2.45) is 5.73 Å². The molecule has 0 atom stereocenters. The van der Waals surface area contributed by atoms with Crippen molar-refractivity contribution >= 4 is 17.5 Å². The molecule has 0 saturated carbocycles. The molecule has 0 radical (unpaired) electrons. The van der Waals surface area contributed by atoms with Gasteiger partial charge in [0.1, 0.15) is 5.69 Å². The summed E-state index contributed by atoms with van der Waals surface area (Å²) in [6.07, 6.45) is 1.53. The Morgan fingerprint density at radius 1 is 1.39 bits per heavy atom. The summed E-state index contributed by atoms with van der Waals surface area (Å²) in [4.78, 5) is 28.4. The summed E-state index contributed by atoms with van der Waals surface area (Å²) in [6, 6.07) is 3.30. The maximum absolute atomic E-state index is 12.0. The quantitative estimate of drug-likeness (QED) is 0.767. The molecule has 0 fully saturated rings. The average Bonchev–Trinajstić information content (AvgIpc) is 2.38. The molecule has 0 unspecified atom stereocenters. The first-order chi connectivity index (χ1) is 8.58. The van der Waals surface area contributed by atoms with Crippen LogP contribution in [0.4, 0.5) is 5.69 Å². The Kier molecular flexibility index (Phi) is 5.10. The lowest BCUT2D eigenvalue weighted by Gasteiger charge is -2.18. The zero-order valence-corrected chi connectivity index (χ0v) is 10.6. The summed E-state index contributed by atoms with van der Waals surface area (Å²) in [5, 5.41) is 2.83. The van der Waals surface area contributed by atoms with Crippen LogP contribution in [0.15, 0.2) is 18.3 Å². The largest absolute Gasteiger partial charge is 0.376 e. The van der Waals surface area contributed by atoms with Gasteiger partial charge in [0, 0.05) is 25.0 Å². The van der Waals surface area contributed by atoms with Gasteiger partial charge in [-0.25, -0.2) is 0 Å². The fourth-order valence-electron chi connectivity index (χ4n) is 1.52. The molecule has 3 N–H and O–H groups in total. The monoisotopic (exact) mass is 250 g/mol. The van der Waals surface area contributed by atoms with Crippen LogP contribution in [0.25, 0.3) is 0 Å². The highest BCUT2D eigenvalue weighted by molar-refractivity contribution is 5.93. The average molecular weight is 250 g/mol. The Morgan fingerprint density at radius 2 is 2.06 bits per heavy atom. The second-order valence-electron chi connectivity index (χ2n) is 3.73. The number of hydrogen-bond donors (Lipinski definition) is 2. The highest BCUT2D eigenvalue weighted by Gasteiger charge is 2.14. The van der Waals surface area contributed by atoms with Crippen LogP contribution in [0, 0.1) is 0 Å². The van der Waals surface area contributed by atoms with Crippen LogP contribution in [-0.4, -0.2) is 41.3 Å². The Hall–Kier alpha value is -2.11. The topological polar surface area (TPSA) is 88.3 Å². The number of amides is 2. The number of nitrogens with two attached hydrogens (primary N) is 1. The molecule has 18 heavy (non-hydrogen) atoms. The van der Waals surface area contributed by atoms with E-state index in [1.54, 1.807) is 17.0 Å². The standard InChI is InChI=1S/C12H18N4O2/c1-3-16(4-2)12(18)10-7-9(5-6-14-10)15-8-11(13)17/h5-7H,3-4,8H2,1-2H3,(H2,13,17)(H,14,15). The Bertz CT molecular complexity index is 430. The lowest BCUT2D eigenvalue weighted by atomic mass is 10.2. The van der Waals surface area contributed by atoms with Crippen molar-refractivity contribution in [1.29, 1.82) is 0 Å². The fourth-order valence-corrected chi connectivity index (χ4v) is 1.52. The summed E-state index contributed by atoms with van der Waals surface area (Å²) < 4.78 is 0. The van der Waals surface area contributed by atoms with Crippen molar-refractivity contribution in [2.75, 3.05) is 25.0 Å². The number of carbonyl (C=O) groups excluding carboxylic acids is 2. The molecule has 0 spiro atoms. The first kappa shape index (κ1) is 14.0. The Balaban J connectivity index is 2.81. The highest BCUT2D eigenvalue weighted by Crippen LogP contribution is 2.09. The van der Waals surface area contributed by atoms with E-state index >= 15 is 0 Å². The second-order valence-corrected chi connectivity index (χ2v) is 3.73. The lowest BCUT2D eigenvalue weighted by molar-refractivity contribution is -0.116. The Morgan fingerprint density at radius 3 is 2.61 bits per heavy atom. The van der Waals surface area contributed by atoms with E-state index in [1.807, 2.05) is 13.8 Å². The fraction of sp³-hybridized carbons (Fsp3) is 0.417. The van der Waals surface area contributed by atoms with Crippen molar-refractivity contribution < 1.29 is 9.59 Å². The molecule has 6 heteroatoms. The minimum absolute atomic E-state index is 0.0307. The van der Waals surface area contributed by atoms with Crippen LogP contribution in [-0.2, 0) is 4.79 Å². The maximum Gasteiger partial charge on any atom is 0.272 e. The number of primary amides is 1. The first-order valence-corrected chi connectivity index (χ1v) is 5.86. The molecule has 1 aromatic rings. The Labute approximate surface area is 106 Å². The van der Waals surface area contributed by atoms with Crippen LogP contribution in [0.5, 0.6) is 0 Å². The zero-order chi connectivity index (χ0) is 13.5. The first-order valence-electron chi connectivity index (χ1n) is 5.86. The number of rotatable bonds is 6. The molecule has 98 valence electrons. The summed E-state index contributed by atoms with van der Waals surface area (Å²) in [5.74, 6) is -0.578. The predicted octanol–water partition coefficient (Wildman–Crippen LogP) is 0.461. The van der Waals surface area contributed by atoms with Crippen molar-refractivity contribution in [3.8, 4) is 0 Å². The van der Waals surface area contributed by atoms with Gasteiger partial charge in [0.25, 0.3) is 5.91 Å². The van der Waals surface area contributed by atoms with Gasteiger partial charge >= 0.3 is 0 Å². The van der Waals surface area contributed by atoms with Gasteiger partial charge in [-0.3, -0.25) is 14.6 Å². The summed E-state index contributed by atoms with van der Waals surface area (Å²) in [6.45, 7) is 5.13. The van der Waals surface area contributed by atoms with E-state index in [9.17, 15) is 9.59 Å². The molecular formula is C12H18N4O2. The van der Waals surface area contributed by atoms with Gasteiger partial charge in [-0.1, -0.05) is 0 Å². The molecule has 2 amide bonds. The SMILES string of the molecule is CCN(CC)C(=O)c1cc(NCC(N)=O)ccn1. The normalized spacial score (nSPS) is 9.89. The molecule has 0 aliphatic carbocycles. The summed E-state index contributed by atoms with van der Waals surface area (Å²) in [5.41, 5.74) is 6.04. The van der Waals surface area contributed by atoms with E-state index in [0.29, 0.717) is 24.5 Å². The van der Waals surface area contributed by atoms with Gasteiger partial charge in [0.2, 0.25) is 5.91 Å². The third-order valence-corrected chi connectivity index (χ3v) is 2.50. The molecule has 0 bridgehead atoms. The van der Waals surface area contributed by atoms with Crippen molar-refractivity contribution in [1.82, 2.24) is 9.88 Å². The predicted molar refractivity (Wildman–Crippen MR) is 69.2 cm³/mol. The molecule has 1 rings (SSSR count). The number of hydrogen-bond acceptors (Lipinski definition) is 4. The molecule has 0 aromatic carbocycles. The third kappa shape index (κ3) is 3.73. The molecule has 6 nitrogen and oxygen atoms in total. The molecule has 1 heterocycles. The van der Waals surface area contributed by atoms with E-state index in [4.69, 9.17) is 5.73 Å². The zero-order valence-electron chi connectivity index (χ0n) is 10.6. The lowest BCUT2D eigenvalue weighted by Crippen LogP contribution is -2.31. The second kappa shape index (κ2) is 6.58. The number of aromatic nitrogens is 1. The van der Waals surface area contributed by atoms with Gasteiger partial charge in [0.15, 0.2) is 0 Å². The van der Waals surface area contributed by atoms with E-state index in [1.165, 1.54) is 6.20 Å². The van der Waals surface area contributed by atoms with Gasteiger partial charge in [-0.2, -0.15) is 0 Å². The van der Waals surface area contributed by atoms with Crippen LogP contribution < -0.4 is 11.1 Å². The van der Waals surface area contributed by atoms with Crippen LogP contribution in [0.3, 0.4) is 0 Å². The number of anilines is 1. The number of pyridine rings is 1. The molecule has 1 aromatic heterocycles. The van der Waals surface area contributed by atoms with Crippen molar-refractivity contribution in [2.45, 2.75) is 13.8 Å². The van der Waals surface area contributed by atoms with Gasteiger partial charge in [0.05, 0.1) is 6.54 Å². The van der Waals surface area contributed by atoms with Gasteiger partial charge in [-0.15, -0.1) is 0 Å². The van der Waals surface area contributed by atoms with E-state index < -0.39 is 5.91 Å². The molecule has 0 aliphatic rings. The summed E-state index contributed by atoms with van der Waals surface area (Å²) in [7, 11) is 0. The third-order valence-electron chi connectivity index (χ3n) is 2.50. The molecule has 0 saturated heterocycles. The van der Waals surface area contributed by atoms with E-state index in [0.717, 1.165) is 0 Å². The van der Waals surface area contributed by atoms with Gasteiger partial charge < -0.3 is 16.0 Å². The summed E-state index contributed by atoms with van der Waals surface area (Å²) >= 11 is 0. The highest BCUT2D eigenvalue weighted by atomic mass is 16.2. The van der Waals surface area contributed by atoms with E-state index in [-0.39, 0.29) is 12.5 Å². The van der Waals surface area contributed by atoms with E-state index in [2.05, 4.69) is 10.3 Å². The van der Waals surface area contributed by atoms with Crippen LogP contribution in [0.2, 0.25) is 0 Å².